The van der Waals surface area contributed by atoms with E-state index in [0.29, 0.717) is 17.9 Å². The van der Waals surface area contributed by atoms with Crippen LogP contribution in [0.3, 0.4) is 0 Å². The van der Waals surface area contributed by atoms with Gasteiger partial charge in [0, 0.05) is 43.7 Å². The number of rotatable bonds is 8. The highest BCUT2D eigenvalue weighted by atomic mass is 16.5. The number of fused-ring (bicyclic) bond motifs is 1. The first kappa shape index (κ1) is 24.5. The van der Waals surface area contributed by atoms with Crippen LogP contribution in [0.25, 0.3) is 0 Å². The molecule has 6 nitrogen and oxygen atoms in total. The summed E-state index contributed by atoms with van der Waals surface area (Å²) in [6, 6.07) is 23.7. The van der Waals surface area contributed by atoms with Crippen LogP contribution in [0.1, 0.15) is 52.2 Å². The van der Waals surface area contributed by atoms with Gasteiger partial charge in [-0.25, -0.2) is 4.79 Å². The van der Waals surface area contributed by atoms with Crippen molar-refractivity contribution in [2.45, 2.75) is 30.7 Å². The van der Waals surface area contributed by atoms with E-state index in [1.54, 1.807) is 19.2 Å². The molecule has 0 saturated heterocycles. The summed E-state index contributed by atoms with van der Waals surface area (Å²) in [5, 5.41) is 12.4. The monoisotopic (exact) mass is 472 g/mol. The van der Waals surface area contributed by atoms with Crippen LogP contribution in [0, 0.1) is 0 Å². The molecule has 0 aromatic heterocycles. The Morgan fingerprint density at radius 3 is 2.51 bits per heavy atom. The third kappa shape index (κ3) is 5.54. The van der Waals surface area contributed by atoms with Crippen LogP contribution in [0.4, 0.5) is 5.69 Å². The zero-order valence-corrected chi connectivity index (χ0v) is 20.2. The summed E-state index contributed by atoms with van der Waals surface area (Å²) in [4.78, 5) is 23.4. The van der Waals surface area contributed by atoms with Gasteiger partial charge in [0.15, 0.2) is 0 Å². The number of nitrogens with zero attached hydrogens (tertiary/aromatic N) is 1. The molecule has 1 fully saturated rings. The van der Waals surface area contributed by atoms with Crippen molar-refractivity contribution in [2.24, 2.45) is 0 Å². The molecule has 2 N–H and O–H groups in total. The van der Waals surface area contributed by atoms with E-state index in [4.69, 9.17) is 9.84 Å². The fourth-order valence-corrected chi connectivity index (χ4v) is 4.73. The maximum atomic E-state index is 10.9. The van der Waals surface area contributed by atoms with Gasteiger partial charge in [-0.3, -0.25) is 0 Å². The summed E-state index contributed by atoms with van der Waals surface area (Å²) < 4.78 is 5.22. The molecule has 2 aliphatic rings. The van der Waals surface area contributed by atoms with Crippen LogP contribution in [0.2, 0.25) is 0 Å². The first-order valence-electron chi connectivity index (χ1n) is 11.9. The molecule has 35 heavy (non-hydrogen) atoms. The molecule has 0 radical (unpaired) electrons. The van der Waals surface area contributed by atoms with Gasteiger partial charge in [0.1, 0.15) is 12.0 Å². The first-order valence-corrected chi connectivity index (χ1v) is 11.9. The van der Waals surface area contributed by atoms with Gasteiger partial charge in [-0.05, 0) is 59.9 Å². The number of carboxylic acid groups (broad SMARTS) is 1. The molecular weight excluding hydrogens is 440 g/mol. The number of nitrogens with one attached hydrogen (secondary N) is 1. The van der Waals surface area contributed by atoms with E-state index in [1.165, 1.54) is 22.4 Å². The van der Waals surface area contributed by atoms with Crippen molar-refractivity contribution in [1.29, 1.82) is 0 Å². The predicted molar refractivity (Wildman–Crippen MR) is 138 cm³/mol. The lowest BCUT2D eigenvalue weighted by molar-refractivity contribution is -0.107. The minimum atomic E-state index is -0.879. The number of hydrogen-bond acceptors (Lipinski definition) is 5. The Morgan fingerprint density at radius 2 is 1.86 bits per heavy atom. The Bertz CT molecular complexity index is 1170. The third-order valence-electron chi connectivity index (χ3n) is 6.84. The molecule has 3 aromatic carbocycles. The summed E-state index contributed by atoms with van der Waals surface area (Å²) in [5.74, 6) is 0.334. The van der Waals surface area contributed by atoms with E-state index >= 15 is 0 Å². The topological polar surface area (TPSA) is 78.9 Å². The van der Waals surface area contributed by atoms with E-state index in [9.17, 15) is 9.59 Å². The Kier molecular flexibility index (Phi) is 7.51. The van der Waals surface area contributed by atoms with Crippen LogP contribution in [-0.4, -0.2) is 44.6 Å². The van der Waals surface area contributed by atoms with Crippen LogP contribution in [-0.2, 0) is 10.3 Å². The lowest BCUT2D eigenvalue weighted by Gasteiger charge is -2.17. The van der Waals surface area contributed by atoms with Gasteiger partial charge in [0.2, 0.25) is 0 Å². The quantitative estimate of drug-likeness (QED) is 0.361. The van der Waals surface area contributed by atoms with Crippen molar-refractivity contribution >= 4 is 17.9 Å². The molecule has 3 aromatic rings. The smallest absolute Gasteiger partial charge is 0.335 e. The van der Waals surface area contributed by atoms with E-state index in [2.05, 4.69) is 47.6 Å². The highest BCUT2D eigenvalue weighted by molar-refractivity contribution is 5.87. The lowest BCUT2D eigenvalue weighted by atomic mass is 9.92. The van der Waals surface area contributed by atoms with Crippen molar-refractivity contribution in [1.82, 2.24) is 5.32 Å². The van der Waals surface area contributed by atoms with Gasteiger partial charge in [-0.2, -0.15) is 0 Å². The molecule has 182 valence electrons. The summed E-state index contributed by atoms with van der Waals surface area (Å²) in [6.45, 7) is 1.69. The molecule has 1 aliphatic carbocycles. The Morgan fingerprint density at radius 1 is 1.11 bits per heavy atom. The molecule has 1 heterocycles. The van der Waals surface area contributed by atoms with Gasteiger partial charge in [0.05, 0.1) is 12.7 Å². The molecule has 5 rings (SSSR count). The molecule has 0 spiro atoms. The number of carboxylic acids is 1. The van der Waals surface area contributed by atoms with Gasteiger partial charge >= 0.3 is 5.97 Å². The van der Waals surface area contributed by atoms with Crippen LogP contribution in [0.15, 0.2) is 72.8 Å². The van der Waals surface area contributed by atoms with Crippen molar-refractivity contribution in [2.75, 3.05) is 32.1 Å². The average Bonchev–Trinajstić information content (AvgIpc) is 3.61. The van der Waals surface area contributed by atoms with E-state index < -0.39 is 5.97 Å². The second-order valence-electron chi connectivity index (χ2n) is 9.12. The Balaban J connectivity index is 0.000000168. The molecule has 0 amide bonds. The number of likely N-dealkylation sites (N-methyl/N-ethyl adjacent to an activating group) is 1. The molecule has 1 saturated carbocycles. The number of aromatic carboxylic acids is 1. The fourth-order valence-electron chi connectivity index (χ4n) is 4.73. The van der Waals surface area contributed by atoms with Crippen molar-refractivity contribution in [3.8, 4) is 5.75 Å². The number of carbonyl (C=O) groups is 2. The predicted octanol–water partition coefficient (Wildman–Crippen LogP) is 4.83. The third-order valence-corrected chi connectivity index (χ3v) is 6.84. The second kappa shape index (κ2) is 10.7. The first-order chi connectivity index (χ1) is 17.0. The van der Waals surface area contributed by atoms with E-state index in [1.807, 2.05) is 30.3 Å². The number of para-hydroxylation sites is 1. The van der Waals surface area contributed by atoms with Gasteiger partial charge < -0.3 is 24.9 Å². The normalized spacial score (nSPS) is 17.1. The summed E-state index contributed by atoms with van der Waals surface area (Å²) in [5.41, 5.74) is 5.43. The number of ether oxygens (including phenoxy) is 1. The van der Waals surface area contributed by atoms with Crippen molar-refractivity contribution in [3.05, 3.63) is 95.1 Å². The molecule has 1 aliphatic heterocycles. The van der Waals surface area contributed by atoms with Crippen LogP contribution >= 0.6 is 0 Å². The average molecular weight is 473 g/mol. The summed E-state index contributed by atoms with van der Waals surface area (Å²) >= 11 is 0. The minimum absolute atomic E-state index is 0.0948. The highest BCUT2D eigenvalue weighted by Crippen LogP contribution is 2.46. The number of methoxy groups -OCH3 is 1. The van der Waals surface area contributed by atoms with Gasteiger partial charge in [0.25, 0.3) is 0 Å². The maximum absolute atomic E-state index is 10.9. The zero-order chi connectivity index (χ0) is 24.8. The molecular formula is C29H32N2O4. The van der Waals surface area contributed by atoms with Crippen LogP contribution in [0.5, 0.6) is 5.75 Å². The molecule has 1 atom stereocenters. The molecule has 0 bridgehead atoms. The zero-order valence-electron chi connectivity index (χ0n) is 20.2. The van der Waals surface area contributed by atoms with Crippen LogP contribution < -0.4 is 15.0 Å². The SMILES string of the molecule is CN1CC(c2ccc(C(=O)O)cc2)c2ccccc21.COc1cccc(C2(NCCC=O)CC2)c1. The summed E-state index contributed by atoms with van der Waals surface area (Å²) in [7, 11) is 3.77. The summed E-state index contributed by atoms with van der Waals surface area (Å²) in [6.07, 6.45) is 3.80. The standard InChI is InChI=1S/C16H15NO2.C13H17NO2/c1-17-10-14(13-4-2-3-5-15(13)17)11-6-8-12(9-7-11)16(18)19;1-16-12-5-2-4-11(10-12)13(6-7-13)14-8-3-9-15/h2-9,14H,10H2,1H3,(H,18,19);2,4-5,9-10,14H,3,6-8H2,1H3. The Labute approximate surface area is 206 Å². The van der Waals surface area contributed by atoms with Gasteiger partial charge in [-0.15, -0.1) is 0 Å². The van der Waals surface area contributed by atoms with Crippen molar-refractivity contribution in [3.63, 3.8) is 0 Å². The number of aldehydes is 1. The number of anilines is 1. The molecule has 6 heteroatoms. The maximum Gasteiger partial charge on any atom is 0.335 e. The number of benzene rings is 3. The van der Waals surface area contributed by atoms with Gasteiger partial charge in [-0.1, -0.05) is 42.5 Å². The fraction of sp³-hybridized carbons (Fsp3) is 0.310. The molecule has 1 unspecified atom stereocenters. The Hall–Kier alpha value is -3.64. The second-order valence-corrected chi connectivity index (χ2v) is 9.12. The number of carbonyl (C=O) groups excluding carboxylic acids is 1. The lowest BCUT2D eigenvalue weighted by Crippen LogP contribution is -2.29. The number of hydrogen-bond donors (Lipinski definition) is 2. The van der Waals surface area contributed by atoms with Crippen molar-refractivity contribution < 1.29 is 19.4 Å². The van der Waals surface area contributed by atoms with E-state index in [-0.39, 0.29) is 5.54 Å². The van der Waals surface area contributed by atoms with E-state index in [0.717, 1.165) is 38.0 Å². The largest absolute Gasteiger partial charge is 0.497 e. The minimum Gasteiger partial charge on any atom is -0.497 e. The highest BCUT2D eigenvalue weighted by Gasteiger charge is 2.43.